The number of carbonyl (C=O) groups excluding carboxylic acids is 2. The van der Waals surface area contributed by atoms with E-state index in [1.54, 1.807) is 36.4 Å². The first-order valence-corrected chi connectivity index (χ1v) is 6.25. The summed E-state index contributed by atoms with van der Waals surface area (Å²) in [4.78, 5) is 19.6. The van der Waals surface area contributed by atoms with E-state index in [-0.39, 0.29) is 6.15 Å². The van der Waals surface area contributed by atoms with Crippen LogP contribution in [-0.4, -0.2) is 18.3 Å². The molecule has 1 aliphatic heterocycles. The van der Waals surface area contributed by atoms with Gasteiger partial charge >= 0.3 is 13.3 Å². The Kier molecular flexibility index (Phi) is 5.07. The lowest BCUT2D eigenvalue weighted by molar-refractivity contribution is -0.191. The third-order valence-electron chi connectivity index (χ3n) is 2.98. The summed E-state index contributed by atoms with van der Waals surface area (Å²) in [6.07, 6.45) is 0.250. The van der Waals surface area contributed by atoms with Crippen LogP contribution < -0.4 is 10.2 Å². The van der Waals surface area contributed by atoms with Crippen LogP contribution in [0.15, 0.2) is 42.5 Å². The van der Waals surface area contributed by atoms with Gasteiger partial charge in [-0.25, -0.2) is 4.85 Å². The summed E-state index contributed by atoms with van der Waals surface area (Å²) >= 11 is 0. The average Bonchev–Trinajstić information content (AvgIpc) is 2.90. The van der Waals surface area contributed by atoms with Gasteiger partial charge in [-0.3, -0.25) is 0 Å². The predicted molar refractivity (Wildman–Crippen MR) is 76.6 cm³/mol. The van der Waals surface area contributed by atoms with Crippen molar-refractivity contribution in [2.24, 2.45) is 0 Å². The van der Waals surface area contributed by atoms with Crippen molar-refractivity contribution in [2.45, 2.75) is 6.61 Å². The summed E-state index contributed by atoms with van der Waals surface area (Å²) in [6.45, 7) is 7.28. The maximum atomic E-state index is 9.53. The van der Waals surface area contributed by atoms with Gasteiger partial charge in [0, 0.05) is 0 Å². The SMILES string of the molecule is O=C=O.[C-]#[N+]c1ccc(Oc2ccc3c(c2)COB3O)cc1. The smallest absolute Gasteiger partial charge is 0.457 e. The van der Waals surface area contributed by atoms with E-state index in [9.17, 15) is 5.02 Å². The molecule has 22 heavy (non-hydrogen) atoms. The molecular formula is C15H10BNO5. The van der Waals surface area contributed by atoms with Gasteiger partial charge < -0.3 is 14.4 Å². The van der Waals surface area contributed by atoms with Gasteiger partial charge in [-0.1, -0.05) is 18.2 Å². The molecule has 0 atom stereocenters. The molecule has 0 spiro atoms. The summed E-state index contributed by atoms with van der Waals surface area (Å²) in [5, 5.41) is 9.53. The van der Waals surface area contributed by atoms with Crippen LogP contribution in [0.2, 0.25) is 0 Å². The standard InChI is InChI=1S/C14H10BNO3.CO2/c1-16-11-2-4-12(5-3-11)19-13-6-7-14-10(8-13)9-18-15(14)17;2-1-3/h2-8,17H,9H2;. The zero-order chi connectivity index (χ0) is 15.9. The molecule has 3 rings (SSSR count). The van der Waals surface area contributed by atoms with Crippen molar-refractivity contribution in [3.05, 3.63) is 59.4 Å². The third kappa shape index (κ3) is 3.60. The van der Waals surface area contributed by atoms with E-state index in [2.05, 4.69) is 4.85 Å². The minimum Gasteiger partial charge on any atom is -0.457 e. The Bertz CT molecular complexity index is 733. The fourth-order valence-electron chi connectivity index (χ4n) is 1.99. The van der Waals surface area contributed by atoms with Crippen LogP contribution in [0.25, 0.3) is 4.85 Å². The third-order valence-corrected chi connectivity index (χ3v) is 2.98. The monoisotopic (exact) mass is 295 g/mol. The molecule has 0 bridgehead atoms. The lowest BCUT2D eigenvalue weighted by Crippen LogP contribution is -2.27. The number of hydrogen-bond donors (Lipinski definition) is 1. The molecular weight excluding hydrogens is 285 g/mol. The van der Waals surface area contributed by atoms with Crippen LogP contribution in [0.3, 0.4) is 0 Å². The van der Waals surface area contributed by atoms with Crippen LogP contribution in [0.5, 0.6) is 11.5 Å². The number of benzene rings is 2. The number of hydrogen-bond acceptors (Lipinski definition) is 5. The lowest BCUT2D eigenvalue weighted by Gasteiger charge is -2.07. The maximum absolute atomic E-state index is 9.53. The fourth-order valence-corrected chi connectivity index (χ4v) is 1.99. The molecule has 0 saturated heterocycles. The first kappa shape index (κ1) is 15.5. The Morgan fingerprint density at radius 3 is 2.45 bits per heavy atom. The zero-order valence-corrected chi connectivity index (χ0v) is 11.4. The largest absolute Gasteiger partial charge is 0.491 e. The zero-order valence-electron chi connectivity index (χ0n) is 11.4. The Balaban J connectivity index is 0.000000545. The van der Waals surface area contributed by atoms with Crippen LogP contribution in [0.4, 0.5) is 5.69 Å². The molecule has 1 heterocycles. The van der Waals surface area contributed by atoms with E-state index in [0.717, 1.165) is 11.0 Å². The van der Waals surface area contributed by atoms with Crippen LogP contribution in [-0.2, 0) is 20.9 Å². The first-order valence-electron chi connectivity index (χ1n) is 6.25. The molecule has 0 aromatic heterocycles. The molecule has 0 unspecified atom stereocenters. The van der Waals surface area contributed by atoms with Crippen LogP contribution >= 0.6 is 0 Å². The average molecular weight is 295 g/mol. The highest BCUT2D eigenvalue weighted by Crippen LogP contribution is 2.25. The van der Waals surface area contributed by atoms with Gasteiger partial charge in [0.1, 0.15) is 11.5 Å². The van der Waals surface area contributed by atoms with Crippen molar-refractivity contribution in [1.29, 1.82) is 0 Å². The number of fused-ring (bicyclic) bond motifs is 1. The highest BCUT2D eigenvalue weighted by Gasteiger charge is 2.27. The minimum absolute atomic E-state index is 0.250. The van der Waals surface area contributed by atoms with E-state index in [1.807, 2.05) is 6.07 Å². The number of rotatable bonds is 2. The highest BCUT2D eigenvalue weighted by molar-refractivity contribution is 6.61. The molecule has 0 fully saturated rings. The second kappa shape index (κ2) is 7.20. The van der Waals surface area contributed by atoms with Gasteiger partial charge in [0.15, 0.2) is 5.69 Å². The minimum atomic E-state index is -0.831. The van der Waals surface area contributed by atoms with E-state index in [1.165, 1.54) is 0 Å². The molecule has 2 aromatic carbocycles. The van der Waals surface area contributed by atoms with Crippen molar-refractivity contribution < 1.29 is 24.0 Å². The predicted octanol–water partition coefficient (Wildman–Crippen LogP) is 1.66. The molecule has 108 valence electrons. The summed E-state index contributed by atoms with van der Waals surface area (Å²) in [5.74, 6) is 1.36. The maximum Gasteiger partial charge on any atom is 0.491 e. The molecule has 0 radical (unpaired) electrons. The second-order valence-electron chi connectivity index (χ2n) is 4.32. The summed E-state index contributed by atoms with van der Waals surface area (Å²) in [5.41, 5.74) is 2.30. The van der Waals surface area contributed by atoms with E-state index in [0.29, 0.717) is 23.8 Å². The molecule has 6 nitrogen and oxygen atoms in total. The summed E-state index contributed by atoms with van der Waals surface area (Å²) in [7, 11) is -0.831. The highest BCUT2D eigenvalue weighted by atomic mass is 16.5. The molecule has 0 aliphatic carbocycles. The van der Waals surface area contributed by atoms with Crippen LogP contribution in [0, 0.1) is 6.57 Å². The molecule has 1 N–H and O–H groups in total. The van der Waals surface area contributed by atoms with Crippen LogP contribution in [0.1, 0.15) is 5.56 Å². The molecule has 1 aliphatic rings. The van der Waals surface area contributed by atoms with E-state index < -0.39 is 7.12 Å². The Labute approximate surface area is 126 Å². The van der Waals surface area contributed by atoms with E-state index in [4.69, 9.17) is 25.6 Å². The van der Waals surface area contributed by atoms with Crippen molar-refractivity contribution in [3.8, 4) is 11.5 Å². The Morgan fingerprint density at radius 1 is 1.18 bits per heavy atom. The van der Waals surface area contributed by atoms with Gasteiger partial charge in [0.05, 0.1) is 13.2 Å². The molecule has 7 heteroatoms. The van der Waals surface area contributed by atoms with Crippen molar-refractivity contribution in [1.82, 2.24) is 0 Å². The normalized spacial score (nSPS) is 11.5. The van der Waals surface area contributed by atoms with Gasteiger partial charge in [0.2, 0.25) is 0 Å². The molecule has 2 aromatic rings. The van der Waals surface area contributed by atoms with E-state index >= 15 is 0 Å². The summed E-state index contributed by atoms with van der Waals surface area (Å²) < 4.78 is 10.8. The lowest BCUT2D eigenvalue weighted by atomic mass is 9.80. The Morgan fingerprint density at radius 2 is 1.82 bits per heavy atom. The molecule has 0 amide bonds. The Hall–Kier alpha value is -2.91. The fraction of sp³-hybridized carbons (Fsp3) is 0.0667. The number of ether oxygens (including phenoxy) is 1. The van der Waals surface area contributed by atoms with Gasteiger partial charge in [-0.2, -0.15) is 9.59 Å². The van der Waals surface area contributed by atoms with Gasteiger partial charge in [0.25, 0.3) is 0 Å². The van der Waals surface area contributed by atoms with Crippen molar-refractivity contribution in [3.63, 3.8) is 0 Å². The topological polar surface area (TPSA) is 77.2 Å². The van der Waals surface area contributed by atoms with Gasteiger partial charge in [-0.15, -0.1) is 0 Å². The molecule has 0 saturated carbocycles. The first-order chi connectivity index (χ1) is 10.7. The quantitative estimate of drug-likeness (QED) is 0.673. The number of nitrogens with zero attached hydrogens (tertiary/aromatic N) is 1. The van der Waals surface area contributed by atoms with Crippen molar-refractivity contribution in [2.75, 3.05) is 0 Å². The second-order valence-corrected chi connectivity index (χ2v) is 4.32. The summed E-state index contributed by atoms with van der Waals surface area (Å²) in [6, 6.07) is 12.4. The van der Waals surface area contributed by atoms with Gasteiger partial charge in [-0.05, 0) is 35.3 Å². The van der Waals surface area contributed by atoms with Crippen molar-refractivity contribution >= 4 is 24.4 Å².